The third kappa shape index (κ3) is 4.03. The van der Waals surface area contributed by atoms with Gasteiger partial charge in [0.15, 0.2) is 5.75 Å². The molecule has 0 saturated carbocycles. The second-order valence-electron chi connectivity index (χ2n) is 4.05. The Bertz CT molecular complexity index is 541. The Morgan fingerprint density at radius 1 is 1.05 bits per heavy atom. The Morgan fingerprint density at radius 2 is 1.74 bits per heavy atom. The molecule has 0 fully saturated rings. The summed E-state index contributed by atoms with van der Waals surface area (Å²) in [6, 6.07) is 17.1. The number of nitrogens with two attached hydrogens (primary N) is 1. The molecule has 4 nitrogen and oxygen atoms in total. The van der Waals surface area contributed by atoms with E-state index in [1.807, 2.05) is 54.6 Å². The zero-order chi connectivity index (χ0) is 13.5. The van der Waals surface area contributed by atoms with Gasteiger partial charge >= 0.3 is 0 Å². The Hall–Kier alpha value is -2.49. The highest BCUT2D eigenvalue weighted by atomic mass is 16.5. The highest BCUT2D eigenvalue weighted by Crippen LogP contribution is 2.28. The van der Waals surface area contributed by atoms with E-state index in [0.29, 0.717) is 13.0 Å². The summed E-state index contributed by atoms with van der Waals surface area (Å²) in [5, 5.41) is 3.14. The molecule has 4 heteroatoms. The largest absolute Gasteiger partial charge is 0.455 e. The summed E-state index contributed by atoms with van der Waals surface area (Å²) in [4.78, 5) is 10.7. The molecular formula is C15H16N2O2. The smallest absolute Gasteiger partial charge is 0.219 e. The topological polar surface area (TPSA) is 64.4 Å². The third-order valence-corrected chi connectivity index (χ3v) is 2.54. The van der Waals surface area contributed by atoms with Crippen molar-refractivity contribution in [1.82, 2.24) is 0 Å². The van der Waals surface area contributed by atoms with Gasteiger partial charge in [-0.25, -0.2) is 0 Å². The number of ether oxygens (including phenoxy) is 1. The van der Waals surface area contributed by atoms with Crippen molar-refractivity contribution in [3.05, 3.63) is 54.6 Å². The molecule has 0 unspecified atom stereocenters. The SMILES string of the molecule is NC(=O)CCNc1ccccc1Oc1ccccc1. The number of rotatable bonds is 6. The third-order valence-electron chi connectivity index (χ3n) is 2.54. The number of nitrogens with one attached hydrogen (secondary N) is 1. The summed E-state index contributed by atoms with van der Waals surface area (Å²) in [6.45, 7) is 0.491. The molecule has 19 heavy (non-hydrogen) atoms. The Morgan fingerprint density at radius 3 is 2.47 bits per heavy atom. The van der Waals surface area contributed by atoms with Gasteiger partial charge in [-0.05, 0) is 24.3 Å². The lowest BCUT2D eigenvalue weighted by Crippen LogP contribution is -2.16. The molecule has 98 valence electrons. The van der Waals surface area contributed by atoms with Crippen LogP contribution in [0.4, 0.5) is 5.69 Å². The van der Waals surface area contributed by atoms with Crippen LogP contribution in [0.5, 0.6) is 11.5 Å². The van der Waals surface area contributed by atoms with Crippen molar-refractivity contribution in [2.75, 3.05) is 11.9 Å². The van der Waals surface area contributed by atoms with Crippen LogP contribution >= 0.6 is 0 Å². The van der Waals surface area contributed by atoms with E-state index < -0.39 is 0 Å². The number of carbonyl (C=O) groups is 1. The minimum Gasteiger partial charge on any atom is -0.455 e. The van der Waals surface area contributed by atoms with Crippen molar-refractivity contribution in [2.45, 2.75) is 6.42 Å². The molecule has 0 radical (unpaired) electrons. The van der Waals surface area contributed by atoms with Crippen LogP contribution in [0.15, 0.2) is 54.6 Å². The molecule has 0 aliphatic rings. The standard InChI is InChI=1S/C15H16N2O2/c16-15(18)10-11-17-13-8-4-5-9-14(13)19-12-6-2-1-3-7-12/h1-9,17H,10-11H2,(H2,16,18). The molecule has 0 aliphatic carbocycles. The highest BCUT2D eigenvalue weighted by molar-refractivity contribution is 5.74. The fraction of sp³-hybridized carbons (Fsp3) is 0.133. The van der Waals surface area contributed by atoms with Crippen LogP contribution in [-0.4, -0.2) is 12.5 Å². The van der Waals surface area contributed by atoms with E-state index in [2.05, 4.69) is 5.32 Å². The van der Waals surface area contributed by atoms with Crippen LogP contribution in [0.1, 0.15) is 6.42 Å². The summed E-state index contributed by atoms with van der Waals surface area (Å²) < 4.78 is 5.79. The van der Waals surface area contributed by atoms with E-state index in [0.717, 1.165) is 17.2 Å². The van der Waals surface area contributed by atoms with Crippen molar-refractivity contribution in [3.63, 3.8) is 0 Å². The summed E-state index contributed by atoms with van der Waals surface area (Å²) in [7, 11) is 0. The monoisotopic (exact) mass is 256 g/mol. The minimum absolute atomic E-state index is 0.291. The van der Waals surface area contributed by atoms with Crippen LogP contribution in [0.3, 0.4) is 0 Å². The molecule has 2 rings (SSSR count). The molecule has 3 N–H and O–H groups in total. The van der Waals surface area contributed by atoms with Gasteiger partial charge in [-0.2, -0.15) is 0 Å². The maximum atomic E-state index is 10.7. The number of amides is 1. The van der Waals surface area contributed by atoms with Crippen LogP contribution in [0, 0.1) is 0 Å². The van der Waals surface area contributed by atoms with Crippen molar-refractivity contribution in [3.8, 4) is 11.5 Å². The first kappa shape index (κ1) is 13.0. The van der Waals surface area contributed by atoms with E-state index in [1.54, 1.807) is 0 Å². The van der Waals surface area contributed by atoms with E-state index in [9.17, 15) is 4.79 Å². The first-order chi connectivity index (χ1) is 9.25. The molecule has 2 aromatic carbocycles. The number of anilines is 1. The molecule has 0 aromatic heterocycles. The second-order valence-corrected chi connectivity index (χ2v) is 4.05. The zero-order valence-corrected chi connectivity index (χ0v) is 10.5. The Balaban J connectivity index is 2.06. The molecular weight excluding hydrogens is 240 g/mol. The van der Waals surface area contributed by atoms with E-state index in [-0.39, 0.29) is 5.91 Å². The van der Waals surface area contributed by atoms with Gasteiger partial charge in [0.1, 0.15) is 5.75 Å². The fourth-order valence-electron chi connectivity index (χ4n) is 1.64. The Labute approximate surface area is 112 Å². The minimum atomic E-state index is -0.325. The maximum absolute atomic E-state index is 10.7. The lowest BCUT2D eigenvalue weighted by molar-refractivity contribution is -0.117. The number of carbonyl (C=O) groups excluding carboxylic acids is 1. The summed E-state index contributed by atoms with van der Waals surface area (Å²) in [6.07, 6.45) is 0.291. The average Bonchev–Trinajstić information content (AvgIpc) is 2.41. The van der Waals surface area contributed by atoms with Gasteiger partial charge in [-0.15, -0.1) is 0 Å². The zero-order valence-electron chi connectivity index (χ0n) is 10.5. The van der Waals surface area contributed by atoms with Crippen molar-refractivity contribution < 1.29 is 9.53 Å². The molecule has 0 aliphatic heterocycles. The van der Waals surface area contributed by atoms with Crippen LogP contribution in [0.2, 0.25) is 0 Å². The number of para-hydroxylation sites is 3. The molecule has 0 heterocycles. The number of benzene rings is 2. The van der Waals surface area contributed by atoms with Crippen molar-refractivity contribution in [1.29, 1.82) is 0 Å². The van der Waals surface area contributed by atoms with Gasteiger partial charge in [0, 0.05) is 13.0 Å². The van der Waals surface area contributed by atoms with Crippen LogP contribution in [-0.2, 0) is 4.79 Å². The molecule has 0 atom stereocenters. The van der Waals surface area contributed by atoms with Gasteiger partial charge in [0.2, 0.25) is 5.91 Å². The summed E-state index contributed by atoms with van der Waals surface area (Å²) in [5.74, 6) is 1.17. The molecule has 0 bridgehead atoms. The summed E-state index contributed by atoms with van der Waals surface area (Å²) >= 11 is 0. The second kappa shape index (κ2) is 6.44. The van der Waals surface area contributed by atoms with E-state index in [1.165, 1.54) is 0 Å². The number of hydrogen-bond acceptors (Lipinski definition) is 3. The quantitative estimate of drug-likeness (QED) is 0.835. The van der Waals surface area contributed by atoms with Gasteiger partial charge in [-0.3, -0.25) is 4.79 Å². The van der Waals surface area contributed by atoms with Gasteiger partial charge in [0.05, 0.1) is 5.69 Å². The van der Waals surface area contributed by atoms with Crippen molar-refractivity contribution in [2.24, 2.45) is 5.73 Å². The Kier molecular flexibility index (Phi) is 4.39. The van der Waals surface area contributed by atoms with Gasteiger partial charge in [0.25, 0.3) is 0 Å². The van der Waals surface area contributed by atoms with Crippen LogP contribution in [0.25, 0.3) is 0 Å². The normalized spacial score (nSPS) is 9.89. The predicted molar refractivity (Wildman–Crippen MR) is 75.3 cm³/mol. The first-order valence-electron chi connectivity index (χ1n) is 6.10. The first-order valence-corrected chi connectivity index (χ1v) is 6.10. The van der Waals surface area contributed by atoms with Crippen molar-refractivity contribution >= 4 is 11.6 Å². The van der Waals surface area contributed by atoms with E-state index in [4.69, 9.17) is 10.5 Å². The van der Waals surface area contributed by atoms with Gasteiger partial charge in [-0.1, -0.05) is 30.3 Å². The molecule has 2 aromatic rings. The molecule has 0 spiro atoms. The lowest BCUT2D eigenvalue weighted by Gasteiger charge is -2.12. The number of hydrogen-bond donors (Lipinski definition) is 2. The fourth-order valence-corrected chi connectivity index (χ4v) is 1.64. The highest BCUT2D eigenvalue weighted by Gasteiger charge is 2.04. The molecule has 0 saturated heterocycles. The van der Waals surface area contributed by atoms with Gasteiger partial charge < -0.3 is 15.8 Å². The van der Waals surface area contributed by atoms with Crippen LogP contribution < -0.4 is 15.8 Å². The summed E-state index contributed by atoms with van der Waals surface area (Å²) in [5.41, 5.74) is 5.95. The predicted octanol–water partition coefficient (Wildman–Crippen LogP) is 2.77. The average molecular weight is 256 g/mol. The molecule has 1 amide bonds. The number of primary amides is 1. The lowest BCUT2D eigenvalue weighted by atomic mass is 10.2. The maximum Gasteiger partial charge on any atom is 0.219 e. The van der Waals surface area contributed by atoms with E-state index >= 15 is 0 Å².